The van der Waals surface area contributed by atoms with E-state index >= 15 is 4.39 Å². The van der Waals surface area contributed by atoms with Crippen molar-refractivity contribution in [3.63, 3.8) is 0 Å². The van der Waals surface area contributed by atoms with Crippen LogP contribution in [0.5, 0.6) is 0 Å². The van der Waals surface area contributed by atoms with Crippen LogP contribution in [-0.4, -0.2) is 4.98 Å². The van der Waals surface area contributed by atoms with Gasteiger partial charge in [-0.15, -0.1) is 11.3 Å². The second-order valence-electron chi connectivity index (χ2n) is 22.0. The van der Waals surface area contributed by atoms with E-state index < -0.39 is 6.04 Å². The molecule has 0 amide bonds. The largest absolute Gasteiger partial charge is 0.454 e. The second-order valence-corrected chi connectivity index (χ2v) is 23.1. The van der Waals surface area contributed by atoms with Crippen molar-refractivity contribution in [3.05, 3.63) is 333 Å². The molecule has 12 aromatic carbocycles. The highest BCUT2D eigenvalue weighted by atomic mass is 32.1. The normalized spacial score (nSPS) is 11.7. The molecule has 0 unspecified atom stereocenters. The molecule has 0 aliphatic rings. The number of aromatic nitrogens is 1. The Morgan fingerprint density at radius 2 is 0.955 bits per heavy atom. The Morgan fingerprint density at radius 3 is 1.65 bits per heavy atom. The van der Waals surface area contributed by atoms with E-state index in [9.17, 15) is 0 Å². The van der Waals surface area contributed by atoms with Gasteiger partial charge in [-0.1, -0.05) is 239 Å². The Labute approximate surface area is 530 Å². The first-order valence-electron chi connectivity index (χ1n) is 31.9. The Kier molecular flexibility index (Phi) is 16.2. The molecule has 4 N–H and O–H groups in total. The number of benzene rings is 12. The predicted molar refractivity (Wildman–Crippen MR) is 378 cm³/mol. The fourth-order valence-electron chi connectivity index (χ4n) is 10.4. The number of para-hydroxylation sites is 5. The zero-order valence-electron chi connectivity index (χ0n) is 54.4. The van der Waals surface area contributed by atoms with E-state index in [1.807, 2.05) is 175 Å². The second kappa shape index (κ2) is 27.5. The number of hydrogen-bond acceptors (Lipinski definition) is 7. The maximum atomic E-state index is 15.1. The van der Waals surface area contributed by atoms with E-state index in [-0.39, 0.29) is 41.1 Å². The number of nitrogens with zero attached hydrogens (tertiary/aromatic N) is 1. The zero-order valence-corrected chi connectivity index (χ0v) is 50.2. The van der Waals surface area contributed by atoms with E-state index in [1.165, 1.54) is 42.6 Å². The van der Waals surface area contributed by atoms with Crippen LogP contribution in [0.3, 0.4) is 0 Å². The molecule has 0 spiro atoms. The van der Waals surface area contributed by atoms with Gasteiger partial charge in [0.05, 0.1) is 40.5 Å². The van der Waals surface area contributed by atoms with Crippen LogP contribution >= 0.6 is 11.3 Å². The molecule has 3 aromatic heterocycles. The number of anilines is 8. The monoisotopic (exact) mass is 1180 g/mol. The van der Waals surface area contributed by atoms with Crippen LogP contribution in [0, 0.1) is 5.82 Å². The first kappa shape index (κ1) is 52.3. The number of thiophene rings is 1. The number of pyridine rings is 1. The third-order valence-electron chi connectivity index (χ3n) is 14.9. The van der Waals surface area contributed by atoms with Crippen LogP contribution in [-0.2, 0) is 5.41 Å². The van der Waals surface area contributed by atoms with Gasteiger partial charge in [-0.2, -0.15) is 0 Å². The summed E-state index contributed by atoms with van der Waals surface area (Å²) in [5.74, 6) is -0.269. The van der Waals surface area contributed by atoms with Crippen LogP contribution < -0.4 is 21.3 Å². The van der Waals surface area contributed by atoms with Crippen molar-refractivity contribution in [2.75, 3.05) is 21.3 Å². The van der Waals surface area contributed by atoms with Gasteiger partial charge >= 0.3 is 0 Å². The Bertz CT molecular complexity index is 5040. The molecule has 15 aromatic rings. The van der Waals surface area contributed by atoms with E-state index in [1.54, 1.807) is 18.3 Å². The molecular formula is C81H66FN5OS. The van der Waals surface area contributed by atoms with Crippen molar-refractivity contribution in [2.24, 2.45) is 0 Å². The summed E-state index contributed by atoms with van der Waals surface area (Å²) in [5, 5.41) is 17.7. The third kappa shape index (κ3) is 14.3. The van der Waals surface area contributed by atoms with Crippen LogP contribution in [0.25, 0.3) is 75.5 Å². The average molecular weight is 1180 g/mol. The molecule has 0 aliphatic carbocycles. The van der Waals surface area contributed by atoms with Gasteiger partial charge < -0.3 is 25.7 Å². The van der Waals surface area contributed by atoms with Gasteiger partial charge in [0.2, 0.25) is 0 Å². The fraction of sp³-hybridized carbons (Fsp3) is 0.0494. The molecule has 0 saturated heterocycles. The number of furan rings is 1. The number of rotatable bonds is 11. The van der Waals surface area contributed by atoms with Crippen molar-refractivity contribution in [3.8, 4) is 33.4 Å². The van der Waals surface area contributed by atoms with Crippen molar-refractivity contribution >= 4 is 98.9 Å². The van der Waals surface area contributed by atoms with Gasteiger partial charge in [-0.05, 0) is 124 Å². The Hall–Kier alpha value is -11.1. The molecule has 8 heteroatoms. The van der Waals surface area contributed by atoms with Gasteiger partial charge in [-0.25, -0.2) is 4.39 Å². The lowest BCUT2D eigenvalue weighted by molar-refractivity contribution is 0.590. The molecule has 3 heterocycles. The SMILES string of the molecule is CC(C)(C)c1ccc(Nc2cccc3c2sc2ccccc23)cc1.Fc1cc(-c2ccccc2)cc(-c2ccccc2)c1Nc1ccccc1.[2H]c1c([2H])c([2H])c(Nc2cccc3c2oc2ccccc23)c([2H])c1[2H].c1ccc(-c2ccccc2Nc2cccnc2)cc1. The maximum absolute atomic E-state index is 15.1. The van der Waals surface area contributed by atoms with Crippen molar-refractivity contribution in [1.29, 1.82) is 0 Å². The predicted octanol–water partition coefficient (Wildman–Crippen LogP) is 23.8. The van der Waals surface area contributed by atoms with Gasteiger partial charge in [0.1, 0.15) is 11.4 Å². The highest BCUT2D eigenvalue weighted by Crippen LogP contribution is 2.41. The molecule has 15 rings (SSSR count). The lowest BCUT2D eigenvalue weighted by Crippen LogP contribution is -2.10. The highest BCUT2D eigenvalue weighted by molar-refractivity contribution is 7.26. The fourth-order valence-corrected chi connectivity index (χ4v) is 11.6. The van der Waals surface area contributed by atoms with Gasteiger partial charge in [0.25, 0.3) is 0 Å². The number of halogens is 1. The Morgan fingerprint density at radius 1 is 0.416 bits per heavy atom. The van der Waals surface area contributed by atoms with Crippen LogP contribution in [0.15, 0.2) is 326 Å². The van der Waals surface area contributed by atoms with Gasteiger partial charge in [-0.3, -0.25) is 4.98 Å². The summed E-state index contributed by atoms with van der Waals surface area (Å²) in [4.78, 5) is 4.12. The summed E-state index contributed by atoms with van der Waals surface area (Å²) in [6, 6.07) is 91.0. The number of fused-ring (bicyclic) bond motifs is 6. The first-order valence-corrected chi connectivity index (χ1v) is 30.2. The average Bonchev–Trinajstić information content (AvgIpc) is 1.58. The minimum absolute atomic E-state index is 0.0268. The smallest absolute Gasteiger partial charge is 0.158 e. The molecule has 0 aliphatic heterocycles. The lowest BCUT2D eigenvalue weighted by atomic mass is 9.87. The minimum atomic E-state index is -0.414. The standard InChI is InChI=1S/C24H18FN.C22H21NS.C18H13NO.C17H14N2/c25-23-17-20(18-10-4-1-5-11-18)16-22(19-12-6-2-7-13-19)24(23)26-21-14-8-3-9-15-21;1-22(2,3)15-11-13-16(14-12-15)23-19-9-6-8-18-17-7-4-5-10-20(17)24-21(18)19;1-2-7-13(8-3-1)19-16-11-6-10-15-14-9-4-5-12-17(14)20-18(15)16;1-2-7-14(8-3-1)16-10-4-5-11-17(16)19-15-9-6-12-18-13-15/h1-17,26H;4-14,23H,1-3H3;1-12,19H;1-13,19H/i;;1D,2D,3D,7D,8D;. The molecule has 0 fully saturated rings. The molecule has 6 nitrogen and oxygen atoms in total. The van der Waals surface area contributed by atoms with Crippen molar-refractivity contribution in [1.82, 2.24) is 4.98 Å². The number of hydrogen-bond donors (Lipinski definition) is 4. The number of nitrogens with one attached hydrogen (secondary N) is 4. The van der Waals surface area contributed by atoms with E-state index in [0.717, 1.165) is 61.4 Å². The van der Waals surface area contributed by atoms with E-state index in [2.05, 4.69) is 156 Å². The summed E-state index contributed by atoms with van der Waals surface area (Å²) in [7, 11) is 0. The van der Waals surface area contributed by atoms with Crippen LogP contribution in [0.1, 0.15) is 33.2 Å². The van der Waals surface area contributed by atoms with Crippen molar-refractivity contribution < 1.29 is 15.7 Å². The summed E-state index contributed by atoms with van der Waals surface area (Å²) < 4.78 is 63.0. The summed E-state index contributed by atoms with van der Waals surface area (Å²) >= 11 is 1.85. The topological polar surface area (TPSA) is 74.2 Å². The van der Waals surface area contributed by atoms with E-state index in [4.69, 9.17) is 11.3 Å². The third-order valence-corrected chi connectivity index (χ3v) is 16.1. The quantitative estimate of drug-likeness (QED) is 0.103. The zero-order chi connectivity index (χ0) is 65.1. The van der Waals surface area contributed by atoms with Crippen LogP contribution in [0.4, 0.5) is 49.9 Å². The molecule has 89 heavy (non-hydrogen) atoms. The first-order chi connectivity index (χ1) is 45.7. The molecule has 0 atom stereocenters. The van der Waals surface area contributed by atoms with Gasteiger partial charge in [0.15, 0.2) is 5.58 Å². The highest BCUT2D eigenvalue weighted by Gasteiger charge is 2.17. The molecule has 0 bridgehead atoms. The summed E-state index contributed by atoms with van der Waals surface area (Å²) in [6.45, 7) is 6.73. The minimum Gasteiger partial charge on any atom is -0.454 e. The van der Waals surface area contributed by atoms with Crippen LogP contribution in [0.2, 0.25) is 0 Å². The Balaban J connectivity index is 0.000000121. The van der Waals surface area contributed by atoms with Gasteiger partial charge in [0, 0.05) is 66.3 Å². The van der Waals surface area contributed by atoms with E-state index in [0.29, 0.717) is 17.0 Å². The van der Waals surface area contributed by atoms with Crippen molar-refractivity contribution in [2.45, 2.75) is 26.2 Å². The summed E-state index contributed by atoms with van der Waals surface area (Å²) in [5.41, 5.74) is 15.2. The molecular weight excluding hydrogens is 1110 g/mol. The molecule has 434 valence electrons. The lowest BCUT2D eigenvalue weighted by Gasteiger charge is -2.19. The molecule has 0 radical (unpaired) electrons. The maximum Gasteiger partial charge on any atom is 0.158 e. The molecule has 0 saturated carbocycles. The summed E-state index contributed by atoms with van der Waals surface area (Å²) in [6.07, 6.45) is 3.59.